The maximum absolute atomic E-state index is 13.3. The van der Waals surface area contributed by atoms with E-state index in [-0.39, 0.29) is 29.3 Å². The van der Waals surface area contributed by atoms with Gasteiger partial charge in [-0.15, -0.1) is 0 Å². The SMILES string of the molecule is Cc1nn(C)c(C)c1CN(C)S(=O)(=O)c1ccc2c(c1)[C@@H](NC(=O)C1CCCC1)CC2. The number of hydrogen-bond acceptors (Lipinski definition) is 4. The molecule has 1 atom stereocenters. The van der Waals surface area contributed by atoms with Crippen LogP contribution < -0.4 is 5.32 Å². The number of aromatic nitrogens is 2. The van der Waals surface area contributed by atoms with Gasteiger partial charge in [-0.2, -0.15) is 9.40 Å². The van der Waals surface area contributed by atoms with Gasteiger partial charge in [0.05, 0.1) is 16.6 Å². The highest BCUT2D eigenvalue weighted by atomic mass is 32.2. The number of carbonyl (C=O) groups is 1. The number of nitrogens with zero attached hydrogens (tertiary/aromatic N) is 3. The Morgan fingerprint density at radius 2 is 1.94 bits per heavy atom. The number of benzene rings is 1. The van der Waals surface area contributed by atoms with Crippen LogP contribution in [0.2, 0.25) is 0 Å². The fraction of sp³-hybridized carbons (Fsp3) is 0.565. The van der Waals surface area contributed by atoms with Crippen LogP contribution in [0.1, 0.15) is 66.2 Å². The Hall–Kier alpha value is -2.19. The Kier molecular flexibility index (Phi) is 5.96. The van der Waals surface area contributed by atoms with E-state index in [4.69, 9.17) is 0 Å². The molecule has 1 fully saturated rings. The van der Waals surface area contributed by atoms with Crippen molar-refractivity contribution in [2.45, 2.75) is 69.9 Å². The quantitative estimate of drug-likeness (QED) is 0.742. The second kappa shape index (κ2) is 8.39. The summed E-state index contributed by atoms with van der Waals surface area (Å²) in [7, 11) is -0.200. The average Bonchev–Trinajstić information content (AvgIpc) is 3.45. The number of sulfonamides is 1. The van der Waals surface area contributed by atoms with Gasteiger partial charge in [-0.05, 0) is 62.8 Å². The lowest BCUT2D eigenvalue weighted by Crippen LogP contribution is -2.32. The van der Waals surface area contributed by atoms with Crippen molar-refractivity contribution < 1.29 is 13.2 Å². The molecule has 4 rings (SSSR count). The number of rotatable bonds is 6. The van der Waals surface area contributed by atoms with E-state index in [1.807, 2.05) is 27.0 Å². The van der Waals surface area contributed by atoms with Crippen molar-refractivity contribution in [3.63, 3.8) is 0 Å². The molecule has 1 heterocycles. The van der Waals surface area contributed by atoms with E-state index in [0.717, 1.165) is 66.6 Å². The Labute approximate surface area is 184 Å². The van der Waals surface area contributed by atoms with Crippen molar-refractivity contribution in [2.75, 3.05) is 7.05 Å². The summed E-state index contributed by atoms with van der Waals surface area (Å²) in [5.41, 5.74) is 4.79. The van der Waals surface area contributed by atoms with E-state index in [0.29, 0.717) is 0 Å². The summed E-state index contributed by atoms with van der Waals surface area (Å²) in [6.45, 7) is 4.12. The van der Waals surface area contributed by atoms with Gasteiger partial charge in [0.2, 0.25) is 15.9 Å². The third kappa shape index (κ3) is 4.15. The van der Waals surface area contributed by atoms with Gasteiger partial charge in [0.25, 0.3) is 0 Å². The Bertz CT molecular complexity index is 1100. The third-order valence-electron chi connectivity index (χ3n) is 6.99. The number of nitrogens with one attached hydrogen (secondary N) is 1. The molecular formula is C23H32N4O3S. The van der Waals surface area contributed by atoms with E-state index in [2.05, 4.69) is 10.4 Å². The summed E-state index contributed by atoms with van der Waals surface area (Å²) in [6.07, 6.45) is 5.82. The van der Waals surface area contributed by atoms with Gasteiger partial charge < -0.3 is 5.32 Å². The average molecular weight is 445 g/mol. The van der Waals surface area contributed by atoms with Crippen molar-refractivity contribution in [2.24, 2.45) is 13.0 Å². The molecule has 0 spiro atoms. The maximum atomic E-state index is 13.3. The lowest BCUT2D eigenvalue weighted by atomic mass is 10.0. The number of aryl methyl sites for hydroxylation is 3. The summed E-state index contributed by atoms with van der Waals surface area (Å²) >= 11 is 0. The number of amides is 1. The van der Waals surface area contributed by atoms with Crippen LogP contribution in [-0.2, 0) is 34.8 Å². The molecule has 0 unspecified atom stereocenters. The fourth-order valence-corrected chi connectivity index (χ4v) is 6.08. The third-order valence-corrected chi connectivity index (χ3v) is 8.78. The Morgan fingerprint density at radius 3 is 2.58 bits per heavy atom. The predicted molar refractivity (Wildman–Crippen MR) is 119 cm³/mol. The minimum absolute atomic E-state index is 0.105. The summed E-state index contributed by atoms with van der Waals surface area (Å²) in [4.78, 5) is 12.9. The number of carbonyl (C=O) groups excluding carboxylic acids is 1. The molecule has 0 aliphatic heterocycles. The number of fused-ring (bicyclic) bond motifs is 1. The molecule has 7 nitrogen and oxygen atoms in total. The molecule has 0 saturated heterocycles. The smallest absolute Gasteiger partial charge is 0.243 e. The van der Waals surface area contributed by atoms with Crippen LogP contribution >= 0.6 is 0 Å². The van der Waals surface area contributed by atoms with Gasteiger partial charge in [-0.3, -0.25) is 9.48 Å². The zero-order valence-corrected chi connectivity index (χ0v) is 19.6. The van der Waals surface area contributed by atoms with Crippen molar-refractivity contribution in [3.05, 3.63) is 46.3 Å². The highest BCUT2D eigenvalue weighted by Crippen LogP contribution is 2.35. The highest BCUT2D eigenvalue weighted by molar-refractivity contribution is 7.89. The monoisotopic (exact) mass is 444 g/mol. The van der Waals surface area contributed by atoms with Crippen LogP contribution in [0.3, 0.4) is 0 Å². The molecule has 0 radical (unpaired) electrons. The molecule has 1 aromatic heterocycles. The summed E-state index contributed by atoms with van der Waals surface area (Å²) < 4.78 is 29.8. The normalized spacial score (nSPS) is 19.2. The van der Waals surface area contributed by atoms with Gasteiger partial charge in [-0.25, -0.2) is 8.42 Å². The minimum Gasteiger partial charge on any atom is -0.349 e. The standard InChI is InChI=1S/C23H32N4O3S/c1-15-21(16(2)27(4)25-15)14-26(3)31(29,30)19-11-9-17-10-12-22(20(17)13-19)24-23(28)18-7-5-6-8-18/h9,11,13,18,22H,5-8,10,12,14H2,1-4H3,(H,24,28)/t22-/m0/s1. The Morgan fingerprint density at radius 1 is 1.23 bits per heavy atom. The Balaban J connectivity index is 1.55. The molecule has 1 N–H and O–H groups in total. The molecule has 2 aliphatic carbocycles. The molecular weight excluding hydrogens is 412 g/mol. The molecule has 1 amide bonds. The van der Waals surface area contributed by atoms with Crippen molar-refractivity contribution in [1.29, 1.82) is 0 Å². The van der Waals surface area contributed by atoms with Crippen molar-refractivity contribution in [3.8, 4) is 0 Å². The molecule has 1 aromatic carbocycles. The first kappa shape index (κ1) is 22.0. The van der Waals surface area contributed by atoms with Crippen LogP contribution in [0.15, 0.2) is 23.1 Å². The molecule has 168 valence electrons. The van der Waals surface area contributed by atoms with Crippen molar-refractivity contribution in [1.82, 2.24) is 19.4 Å². The van der Waals surface area contributed by atoms with Gasteiger partial charge in [-0.1, -0.05) is 18.9 Å². The van der Waals surface area contributed by atoms with E-state index < -0.39 is 10.0 Å². The van der Waals surface area contributed by atoms with Crippen LogP contribution in [0.25, 0.3) is 0 Å². The summed E-state index contributed by atoms with van der Waals surface area (Å²) in [5.74, 6) is 0.219. The predicted octanol–water partition coefficient (Wildman–Crippen LogP) is 3.15. The number of hydrogen-bond donors (Lipinski definition) is 1. The second-order valence-electron chi connectivity index (χ2n) is 8.98. The first-order valence-electron chi connectivity index (χ1n) is 11.1. The van der Waals surface area contributed by atoms with Crippen LogP contribution in [-0.4, -0.2) is 35.5 Å². The molecule has 0 bridgehead atoms. The van der Waals surface area contributed by atoms with Crippen LogP contribution in [0.5, 0.6) is 0 Å². The van der Waals surface area contributed by atoms with Gasteiger partial charge in [0, 0.05) is 37.8 Å². The van der Waals surface area contributed by atoms with E-state index in [9.17, 15) is 13.2 Å². The topological polar surface area (TPSA) is 84.3 Å². The lowest BCUT2D eigenvalue weighted by Gasteiger charge is -2.20. The first-order chi connectivity index (χ1) is 14.7. The van der Waals surface area contributed by atoms with Gasteiger partial charge >= 0.3 is 0 Å². The van der Waals surface area contributed by atoms with E-state index >= 15 is 0 Å². The second-order valence-corrected chi connectivity index (χ2v) is 11.0. The zero-order valence-electron chi connectivity index (χ0n) is 18.8. The minimum atomic E-state index is -3.67. The molecule has 2 aliphatic rings. The van der Waals surface area contributed by atoms with Gasteiger partial charge in [0.15, 0.2) is 0 Å². The first-order valence-corrected chi connectivity index (χ1v) is 12.5. The molecule has 31 heavy (non-hydrogen) atoms. The summed E-state index contributed by atoms with van der Waals surface area (Å²) in [6, 6.07) is 5.25. The molecule has 1 saturated carbocycles. The van der Waals surface area contributed by atoms with Crippen LogP contribution in [0, 0.1) is 19.8 Å². The fourth-order valence-electron chi connectivity index (χ4n) is 4.90. The largest absolute Gasteiger partial charge is 0.349 e. The summed E-state index contributed by atoms with van der Waals surface area (Å²) in [5, 5.41) is 7.57. The maximum Gasteiger partial charge on any atom is 0.243 e. The van der Waals surface area contributed by atoms with E-state index in [1.54, 1.807) is 23.9 Å². The van der Waals surface area contributed by atoms with Gasteiger partial charge in [0.1, 0.15) is 0 Å². The highest BCUT2D eigenvalue weighted by Gasteiger charge is 2.31. The zero-order chi connectivity index (χ0) is 22.3. The molecule has 8 heteroatoms. The van der Waals surface area contributed by atoms with E-state index in [1.165, 1.54) is 4.31 Å². The lowest BCUT2D eigenvalue weighted by molar-refractivity contribution is -0.125. The van der Waals surface area contributed by atoms with Crippen molar-refractivity contribution >= 4 is 15.9 Å². The molecule has 2 aromatic rings. The van der Waals surface area contributed by atoms with Crippen LogP contribution in [0.4, 0.5) is 0 Å².